The lowest BCUT2D eigenvalue weighted by atomic mass is 9.47. The molecule has 5 unspecified atom stereocenters. The number of fused-ring (bicyclic) bond motifs is 1. The van der Waals surface area contributed by atoms with Gasteiger partial charge in [-0.15, -0.1) is 0 Å². The molecule has 2 fully saturated rings. The fourth-order valence-electron chi connectivity index (χ4n) is 5.89. The first-order chi connectivity index (χ1) is 12.4. The number of carbonyl (C=O) groups excluding carboxylic acids is 1. The Morgan fingerprint density at radius 1 is 1.12 bits per heavy atom. The second-order valence-electron chi connectivity index (χ2n) is 9.07. The van der Waals surface area contributed by atoms with E-state index in [4.69, 9.17) is 0 Å². The zero-order valence-corrected chi connectivity index (χ0v) is 18.6. The fraction of sp³-hybridized carbons (Fsp3) is 0.800. The fourth-order valence-corrected chi connectivity index (χ4v) is 5.89. The van der Waals surface area contributed by atoms with Gasteiger partial charge >= 0.3 is 0 Å². The molecule has 2 saturated carbocycles. The van der Waals surface area contributed by atoms with E-state index < -0.39 is 0 Å². The molecule has 2 rings (SSSR count). The summed E-state index contributed by atoms with van der Waals surface area (Å²) in [4.78, 5) is 11.1. The van der Waals surface area contributed by atoms with Crippen molar-refractivity contribution in [2.45, 2.75) is 99.8 Å². The third-order valence-corrected chi connectivity index (χ3v) is 7.35. The average molecular weight is 361 g/mol. The molecule has 0 aromatic heterocycles. The van der Waals surface area contributed by atoms with E-state index in [-0.39, 0.29) is 5.41 Å². The molecule has 0 N–H and O–H groups in total. The first-order valence-electron chi connectivity index (χ1n) is 11.2. The maximum atomic E-state index is 11.1. The molecule has 1 nitrogen and oxygen atoms in total. The Hall–Kier alpha value is -0.850. The maximum Gasteiger partial charge on any atom is 0.142 e. The molecule has 0 aromatic rings. The van der Waals surface area contributed by atoms with E-state index in [0.29, 0.717) is 11.3 Å². The van der Waals surface area contributed by atoms with Crippen LogP contribution < -0.4 is 0 Å². The SMILES string of the molecule is C/C=C\C1(C)/C(=C\C=O)CCC2C(CCC)C(C)(CC)CCC21.CCC. The van der Waals surface area contributed by atoms with Crippen molar-refractivity contribution in [3.8, 4) is 0 Å². The van der Waals surface area contributed by atoms with Crippen LogP contribution in [0.5, 0.6) is 0 Å². The number of hydrogen-bond donors (Lipinski definition) is 0. The average Bonchev–Trinajstić information content (AvgIpc) is 2.61. The highest BCUT2D eigenvalue weighted by Gasteiger charge is 2.52. The summed E-state index contributed by atoms with van der Waals surface area (Å²) in [6.45, 7) is 16.0. The number of rotatable bonds is 5. The number of aldehydes is 1. The van der Waals surface area contributed by atoms with Crippen LogP contribution in [0.3, 0.4) is 0 Å². The molecule has 0 heterocycles. The second-order valence-corrected chi connectivity index (χ2v) is 9.07. The van der Waals surface area contributed by atoms with Gasteiger partial charge in [-0.2, -0.15) is 0 Å². The van der Waals surface area contributed by atoms with Crippen molar-refractivity contribution in [3.05, 3.63) is 23.8 Å². The van der Waals surface area contributed by atoms with Gasteiger partial charge in [-0.25, -0.2) is 0 Å². The van der Waals surface area contributed by atoms with Crippen molar-refractivity contribution in [2.24, 2.45) is 28.6 Å². The summed E-state index contributed by atoms with van der Waals surface area (Å²) in [7, 11) is 0. The van der Waals surface area contributed by atoms with E-state index >= 15 is 0 Å². The Labute approximate surface area is 163 Å². The van der Waals surface area contributed by atoms with Gasteiger partial charge in [0, 0.05) is 5.41 Å². The zero-order valence-electron chi connectivity index (χ0n) is 18.6. The molecule has 5 atom stereocenters. The van der Waals surface area contributed by atoms with Crippen molar-refractivity contribution < 1.29 is 4.79 Å². The molecule has 0 amide bonds. The van der Waals surface area contributed by atoms with Gasteiger partial charge in [0.05, 0.1) is 0 Å². The Bertz CT molecular complexity index is 488. The molecule has 0 bridgehead atoms. The van der Waals surface area contributed by atoms with Crippen LogP contribution in [0.25, 0.3) is 0 Å². The van der Waals surface area contributed by atoms with Crippen molar-refractivity contribution in [3.63, 3.8) is 0 Å². The Kier molecular flexibility index (Phi) is 9.34. The molecule has 2 aliphatic carbocycles. The Morgan fingerprint density at radius 2 is 1.77 bits per heavy atom. The van der Waals surface area contributed by atoms with Crippen LogP contribution in [-0.2, 0) is 4.79 Å². The quantitative estimate of drug-likeness (QED) is 0.278. The highest BCUT2D eigenvalue weighted by molar-refractivity contribution is 5.67. The zero-order chi connectivity index (χ0) is 19.8. The van der Waals surface area contributed by atoms with Gasteiger partial charge in [0.25, 0.3) is 0 Å². The van der Waals surface area contributed by atoms with E-state index in [2.05, 4.69) is 60.6 Å². The summed E-state index contributed by atoms with van der Waals surface area (Å²) < 4.78 is 0. The maximum absolute atomic E-state index is 11.1. The molecule has 1 heteroatoms. The predicted octanol–water partition coefficient (Wildman–Crippen LogP) is 7.76. The van der Waals surface area contributed by atoms with Crippen molar-refractivity contribution in [1.82, 2.24) is 0 Å². The summed E-state index contributed by atoms with van der Waals surface area (Å²) in [5.74, 6) is 2.37. The van der Waals surface area contributed by atoms with E-state index in [1.807, 2.05) is 6.08 Å². The van der Waals surface area contributed by atoms with Crippen LogP contribution >= 0.6 is 0 Å². The standard InChI is InChI=1S/C22H36O.C3H8/c1-6-9-19-18-11-10-17(13-16-23)22(5,14-7-2)20(18)12-15-21(19,4)8-3;1-3-2/h7,13-14,16,18-20H,6,8-12,15H2,1-5H3;3H2,1-2H3/b14-7-,17-13-;. The highest BCUT2D eigenvalue weighted by Crippen LogP contribution is 2.61. The summed E-state index contributed by atoms with van der Waals surface area (Å²) >= 11 is 0. The Morgan fingerprint density at radius 3 is 2.27 bits per heavy atom. The lowest BCUT2D eigenvalue weighted by Crippen LogP contribution is -2.49. The number of hydrogen-bond acceptors (Lipinski definition) is 1. The summed E-state index contributed by atoms with van der Waals surface area (Å²) in [6, 6.07) is 0. The summed E-state index contributed by atoms with van der Waals surface area (Å²) in [5.41, 5.74) is 1.96. The molecule has 0 aromatic carbocycles. The lowest BCUT2D eigenvalue weighted by molar-refractivity contribution is -0.104. The van der Waals surface area contributed by atoms with Gasteiger partial charge < -0.3 is 0 Å². The minimum absolute atomic E-state index is 0.0830. The summed E-state index contributed by atoms with van der Waals surface area (Å²) in [6.07, 6.45) is 17.7. The van der Waals surface area contributed by atoms with Gasteiger partial charge in [0.2, 0.25) is 0 Å². The highest BCUT2D eigenvalue weighted by atomic mass is 16.1. The van der Waals surface area contributed by atoms with Crippen molar-refractivity contribution in [1.29, 1.82) is 0 Å². The molecule has 26 heavy (non-hydrogen) atoms. The van der Waals surface area contributed by atoms with Crippen LogP contribution in [0.15, 0.2) is 23.8 Å². The van der Waals surface area contributed by atoms with Crippen LogP contribution in [0.2, 0.25) is 0 Å². The number of carbonyl (C=O) groups is 1. The van der Waals surface area contributed by atoms with E-state index in [9.17, 15) is 4.79 Å². The molecule has 150 valence electrons. The van der Waals surface area contributed by atoms with E-state index in [1.165, 1.54) is 50.5 Å². The van der Waals surface area contributed by atoms with Crippen LogP contribution in [0.4, 0.5) is 0 Å². The van der Waals surface area contributed by atoms with Crippen LogP contribution in [-0.4, -0.2) is 6.29 Å². The normalized spacial score (nSPS) is 38.6. The molecular weight excluding hydrogens is 316 g/mol. The molecule has 2 aliphatic rings. The van der Waals surface area contributed by atoms with Gasteiger partial charge in [-0.3, -0.25) is 4.79 Å². The second kappa shape index (κ2) is 10.5. The van der Waals surface area contributed by atoms with E-state index in [0.717, 1.165) is 24.5 Å². The van der Waals surface area contributed by atoms with Crippen LogP contribution in [0.1, 0.15) is 99.8 Å². The molecule has 0 spiro atoms. The monoisotopic (exact) mass is 360 g/mol. The predicted molar refractivity (Wildman–Crippen MR) is 115 cm³/mol. The van der Waals surface area contributed by atoms with Crippen LogP contribution in [0, 0.1) is 28.6 Å². The molecule has 0 saturated heterocycles. The minimum Gasteiger partial charge on any atom is -0.299 e. The first kappa shape index (κ1) is 23.2. The smallest absolute Gasteiger partial charge is 0.142 e. The van der Waals surface area contributed by atoms with E-state index in [1.54, 1.807) is 0 Å². The topological polar surface area (TPSA) is 17.1 Å². The molecule has 0 radical (unpaired) electrons. The molecular formula is C25H44O. The van der Waals surface area contributed by atoms with Gasteiger partial charge in [0.15, 0.2) is 0 Å². The minimum atomic E-state index is 0.0830. The first-order valence-corrected chi connectivity index (χ1v) is 11.2. The van der Waals surface area contributed by atoms with Gasteiger partial charge in [0.1, 0.15) is 6.29 Å². The lowest BCUT2D eigenvalue weighted by Gasteiger charge is -2.57. The van der Waals surface area contributed by atoms with Gasteiger partial charge in [-0.05, 0) is 68.3 Å². The summed E-state index contributed by atoms with van der Waals surface area (Å²) in [5, 5.41) is 0. The van der Waals surface area contributed by atoms with Crippen molar-refractivity contribution in [2.75, 3.05) is 0 Å². The van der Waals surface area contributed by atoms with Gasteiger partial charge in [-0.1, -0.05) is 78.5 Å². The Balaban J connectivity index is 0.00000105. The van der Waals surface area contributed by atoms with Crippen molar-refractivity contribution >= 4 is 6.29 Å². The third kappa shape index (κ3) is 4.70. The number of allylic oxidation sites excluding steroid dienone is 4. The third-order valence-electron chi connectivity index (χ3n) is 7.35. The largest absolute Gasteiger partial charge is 0.299 e. The molecule has 0 aliphatic heterocycles.